The number of carbonyl (C=O) groups is 1. The lowest BCUT2D eigenvalue weighted by atomic mass is 9.92. The third-order valence-electron chi connectivity index (χ3n) is 7.04. The summed E-state index contributed by atoms with van der Waals surface area (Å²) in [6.45, 7) is 5.94. The van der Waals surface area contributed by atoms with Crippen molar-refractivity contribution in [1.29, 1.82) is 5.26 Å². The summed E-state index contributed by atoms with van der Waals surface area (Å²) in [5.41, 5.74) is 3.22. The molecule has 0 bridgehead atoms. The highest BCUT2D eigenvalue weighted by Crippen LogP contribution is 2.24. The number of likely N-dealkylation sites (tertiary alicyclic amines) is 1. The largest absolute Gasteiger partial charge is 0.371 e. The number of benzene rings is 2. The van der Waals surface area contributed by atoms with Crippen molar-refractivity contribution in [3.8, 4) is 6.07 Å². The van der Waals surface area contributed by atoms with Crippen LogP contribution in [0.5, 0.6) is 0 Å². The number of nitrogens with one attached hydrogen (secondary N) is 1. The zero-order chi connectivity index (χ0) is 22.2. The predicted octanol–water partition coefficient (Wildman–Crippen LogP) is 4.19. The maximum absolute atomic E-state index is 12.6. The predicted molar refractivity (Wildman–Crippen MR) is 128 cm³/mol. The Balaban J connectivity index is 1.11. The quantitative estimate of drug-likeness (QED) is 0.715. The molecule has 5 nitrogen and oxygen atoms in total. The molecule has 4 rings (SSSR count). The summed E-state index contributed by atoms with van der Waals surface area (Å²) in [7, 11) is 0. The molecule has 32 heavy (non-hydrogen) atoms. The van der Waals surface area contributed by atoms with Gasteiger partial charge in [0.15, 0.2) is 0 Å². The van der Waals surface area contributed by atoms with Gasteiger partial charge in [-0.25, -0.2) is 0 Å². The highest BCUT2D eigenvalue weighted by atomic mass is 16.1. The number of piperidine rings is 2. The summed E-state index contributed by atoms with van der Waals surface area (Å²) in [5, 5.41) is 12.2. The van der Waals surface area contributed by atoms with Gasteiger partial charge in [-0.1, -0.05) is 30.3 Å². The zero-order valence-corrected chi connectivity index (χ0v) is 18.9. The number of carbonyl (C=O) groups excluding carboxylic acids is 1. The molecule has 1 amide bonds. The normalized spacial score (nSPS) is 18.3. The molecule has 0 atom stereocenters. The highest BCUT2D eigenvalue weighted by molar-refractivity contribution is 5.79. The van der Waals surface area contributed by atoms with Crippen LogP contribution in [0.25, 0.3) is 0 Å². The topological polar surface area (TPSA) is 59.4 Å². The minimum atomic E-state index is 0.123. The number of amides is 1. The van der Waals surface area contributed by atoms with Gasteiger partial charge in [-0.05, 0) is 80.9 Å². The van der Waals surface area contributed by atoms with Crippen LogP contribution < -0.4 is 10.2 Å². The van der Waals surface area contributed by atoms with Crippen molar-refractivity contribution < 1.29 is 4.79 Å². The van der Waals surface area contributed by atoms with Gasteiger partial charge in [0.05, 0.1) is 11.6 Å². The van der Waals surface area contributed by atoms with E-state index >= 15 is 0 Å². The Morgan fingerprint density at radius 3 is 2.28 bits per heavy atom. The van der Waals surface area contributed by atoms with Crippen molar-refractivity contribution in [2.75, 3.05) is 37.6 Å². The van der Waals surface area contributed by atoms with Crippen LogP contribution in [0.15, 0.2) is 54.6 Å². The first-order valence-corrected chi connectivity index (χ1v) is 12.0. The van der Waals surface area contributed by atoms with Crippen LogP contribution in [-0.4, -0.2) is 43.5 Å². The van der Waals surface area contributed by atoms with E-state index in [1.807, 2.05) is 24.3 Å². The van der Waals surface area contributed by atoms with Gasteiger partial charge in [-0.2, -0.15) is 5.26 Å². The Kier molecular flexibility index (Phi) is 7.79. The fraction of sp³-hybridized carbons (Fsp3) is 0.481. The molecule has 2 aromatic rings. The van der Waals surface area contributed by atoms with Crippen LogP contribution in [-0.2, 0) is 11.3 Å². The van der Waals surface area contributed by atoms with E-state index in [0.29, 0.717) is 5.56 Å². The van der Waals surface area contributed by atoms with E-state index in [-0.39, 0.29) is 11.8 Å². The van der Waals surface area contributed by atoms with Crippen LogP contribution >= 0.6 is 0 Å². The van der Waals surface area contributed by atoms with Gasteiger partial charge < -0.3 is 10.2 Å². The average molecular weight is 431 g/mol. The van der Waals surface area contributed by atoms with E-state index in [9.17, 15) is 4.79 Å². The molecule has 168 valence electrons. The van der Waals surface area contributed by atoms with E-state index < -0.39 is 0 Å². The number of rotatable bonds is 7. The van der Waals surface area contributed by atoms with E-state index in [1.54, 1.807) is 0 Å². The van der Waals surface area contributed by atoms with Crippen LogP contribution in [0.2, 0.25) is 0 Å². The molecule has 2 heterocycles. The maximum Gasteiger partial charge on any atom is 0.223 e. The molecule has 5 heteroatoms. The van der Waals surface area contributed by atoms with Crippen LogP contribution in [0.1, 0.15) is 43.2 Å². The molecular formula is C27H34N4O. The fourth-order valence-corrected chi connectivity index (χ4v) is 4.97. The van der Waals surface area contributed by atoms with Gasteiger partial charge in [0.25, 0.3) is 0 Å². The molecule has 2 aliphatic rings. The maximum atomic E-state index is 12.6. The van der Waals surface area contributed by atoms with Gasteiger partial charge in [-0.3, -0.25) is 9.69 Å². The summed E-state index contributed by atoms with van der Waals surface area (Å²) in [5.74, 6) is 1.07. The number of hydrogen-bond donors (Lipinski definition) is 1. The van der Waals surface area contributed by atoms with E-state index in [2.05, 4.69) is 51.5 Å². The third-order valence-corrected chi connectivity index (χ3v) is 7.04. The molecule has 0 unspecified atom stereocenters. The third kappa shape index (κ3) is 6.11. The summed E-state index contributed by atoms with van der Waals surface area (Å²) in [6, 6.07) is 20.6. The summed E-state index contributed by atoms with van der Waals surface area (Å²) >= 11 is 0. The van der Waals surface area contributed by atoms with Crippen molar-refractivity contribution in [3.05, 3.63) is 65.7 Å². The minimum absolute atomic E-state index is 0.123. The molecule has 2 saturated heterocycles. The standard InChI is InChI=1S/C27H34N4O/c28-20-23-6-8-26(9-7-23)31-18-13-25(14-19-31)27(32)29-15-10-22-11-16-30(17-12-22)21-24-4-2-1-3-5-24/h1-9,22,25H,10-19,21H2,(H,29,32). The minimum Gasteiger partial charge on any atom is -0.371 e. The molecule has 2 fully saturated rings. The van der Waals surface area contributed by atoms with E-state index in [0.717, 1.165) is 70.1 Å². The molecule has 0 radical (unpaired) electrons. The molecular weight excluding hydrogens is 396 g/mol. The first-order chi connectivity index (χ1) is 15.7. The highest BCUT2D eigenvalue weighted by Gasteiger charge is 2.25. The molecule has 0 saturated carbocycles. The van der Waals surface area contributed by atoms with Crippen molar-refractivity contribution >= 4 is 11.6 Å². The Morgan fingerprint density at radius 2 is 1.62 bits per heavy atom. The van der Waals surface area contributed by atoms with Gasteiger partial charge in [0.2, 0.25) is 5.91 Å². The lowest BCUT2D eigenvalue weighted by Crippen LogP contribution is -2.41. The SMILES string of the molecule is N#Cc1ccc(N2CCC(C(=O)NCCC3CCN(Cc4ccccc4)CC3)CC2)cc1. The van der Waals surface area contributed by atoms with Gasteiger partial charge in [0, 0.05) is 37.8 Å². The fourth-order valence-electron chi connectivity index (χ4n) is 4.97. The van der Waals surface area contributed by atoms with Crippen molar-refractivity contribution in [3.63, 3.8) is 0 Å². The molecule has 0 spiro atoms. The summed E-state index contributed by atoms with van der Waals surface area (Å²) in [4.78, 5) is 17.5. The lowest BCUT2D eigenvalue weighted by molar-refractivity contribution is -0.125. The van der Waals surface area contributed by atoms with Gasteiger partial charge >= 0.3 is 0 Å². The smallest absolute Gasteiger partial charge is 0.223 e. The number of nitriles is 1. The number of nitrogens with zero attached hydrogens (tertiary/aromatic N) is 3. The Labute approximate surface area is 192 Å². The molecule has 0 aromatic heterocycles. The van der Waals surface area contributed by atoms with Gasteiger partial charge in [0.1, 0.15) is 0 Å². The monoisotopic (exact) mass is 430 g/mol. The Hall–Kier alpha value is -2.84. The Morgan fingerprint density at radius 1 is 0.938 bits per heavy atom. The van der Waals surface area contributed by atoms with Crippen LogP contribution in [0.4, 0.5) is 5.69 Å². The zero-order valence-electron chi connectivity index (χ0n) is 18.9. The number of hydrogen-bond acceptors (Lipinski definition) is 4. The van der Waals surface area contributed by atoms with E-state index in [1.165, 1.54) is 18.4 Å². The van der Waals surface area contributed by atoms with Gasteiger partial charge in [-0.15, -0.1) is 0 Å². The second kappa shape index (κ2) is 11.2. The second-order valence-electron chi connectivity index (χ2n) is 9.20. The Bertz CT molecular complexity index is 890. The second-order valence-corrected chi connectivity index (χ2v) is 9.20. The molecule has 2 aliphatic heterocycles. The van der Waals surface area contributed by atoms with Crippen molar-refractivity contribution in [2.24, 2.45) is 11.8 Å². The summed E-state index contributed by atoms with van der Waals surface area (Å²) in [6.07, 6.45) is 5.33. The average Bonchev–Trinajstić information content (AvgIpc) is 2.86. The molecule has 0 aliphatic carbocycles. The summed E-state index contributed by atoms with van der Waals surface area (Å²) < 4.78 is 0. The first kappa shape index (κ1) is 22.4. The van der Waals surface area contributed by atoms with Crippen molar-refractivity contribution in [1.82, 2.24) is 10.2 Å². The number of anilines is 1. The molecule has 1 N–H and O–H groups in total. The van der Waals surface area contributed by atoms with Crippen LogP contribution in [0.3, 0.4) is 0 Å². The molecule has 2 aromatic carbocycles. The van der Waals surface area contributed by atoms with E-state index in [4.69, 9.17) is 5.26 Å². The van der Waals surface area contributed by atoms with Crippen molar-refractivity contribution in [2.45, 2.75) is 38.6 Å². The lowest BCUT2D eigenvalue weighted by Gasteiger charge is -2.33. The first-order valence-electron chi connectivity index (χ1n) is 12.0. The van der Waals surface area contributed by atoms with Crippen LogP contribution in [0, 0.1) is 23.2 Å².